The van der Waals surface area contributed by atoms with E-state index in [1.54, 1.807) is 0 Å². The van der Waals surface area contributed by atoms with Crippen LogP contribution in [0.15, 0.2) is 109 Å². The molecule has 6 nitrogen and oxygen atoms in total. The molecule has 0 aliphatic carbocycles. The van der Waals surface area contributed by atoms with Crippen molar-refractivity contribution in [1.82, 2.24) is 0 Å². The van der Waals surface area contributed by atoms with E-state index in [1.807, 2.05) is 0 Å². The quantitative estimate of drug-likeness (QED) is 0.0261. The Morgan fingerprint density at radius 1 is 0.296 bits per heavy atom. The first kappa shape index (κ1) is 67.1. The van der Waals surface area contributed by atoms with Crippen LogP contribution in [0.4, 0.5) is 0 Å². The number of allylic oxidation sites excluding steroid dienone is 18. The van der Waals surface area contributed by atoms with Gasteiger partial charge in [-0.2, -0.15) is 0 Å². The fourth-order valence-corrected chi connectivity index (χ4v) is 7.90. The maximum absolute atomic E-state index is 12.8. The number of rotatable bonds is 52. The topological polar surface area (TPSA) is 78.9 Å². The molecule has 1 atom stereocenters. The molecule has 0 aromatic rings. The van der Waals surface area contributed by atoms with Crippen LogP contribution >= 0.6 is 0 Å². The zero-order chi connectivity index (χ0) is 51.4. The molecule has 6 heteroatoms. The molecule has 0 bridgehead atoms. The van der Waals surface area contributed by atoms with Gasteiger partial charge in [0.05, 0.1) is 0 Å². The van der Waals surface area contributed by atoms with Gasteiger partial charge in [0.25, 0.3) is 0 Å². The van der Waals surface area contributed by atoms with Gasteiger partial charge in [0.2, 0.25) is 0 Å². The van der Waals surface area contributed by atoms with Crippen LogP contribution < -0.4 is 0 Å². The molecule has 0 radical (unpaired) electrons. The molecule has 1 unspecified atom stereocenters. The molecule has 0 saturated carbocycles. The van der Waals surface area contributed by atoms with E-state index in [-0.39, 0.29) is 37.5 Å². The van der Waals surface area contributed by atoms with E-state index < -0.39 is 6.10 Å². The zero-order valence-corrected chi connectivity index (χ0v) is 46.2. The summed E-state index contributed by atoms with van der Waals surface area (Å²) in [6.07, 6.45) is 79.4. The molecule has 0 rings (SSSR count). The number of esters is 3. The Kier molecular flexibility index (Phi) is 55.4. The lowest BCUT2D eigenvalue weighted by Crippen LogP contribution is -2.30. The molecule has 0 amide bonds. The SMILES string of the molecule is CC/C=C\C/C=C\C/C=C\C/C=C\C/C=C\CCCC(=O)OC(COC(=O)CCCCCCCCC/C=C\C/C=C\C/C=C\CC)COC(=O)CCCCCCCCCCC/C=C\CCCCCCCC. The highest BCUT2D eigenvalue weighted by atomic mass is 16.6. The summed E-state index contributed by atoms with van der Waals surface area (Å²) in [7, 11) is 0. The average Bonchev–Trinajstić information content (AvgIpc) is 3.37. The van der Waals surface area contributed by atoms with E-state index in [0.29, 0.717) is 19.3 Å². The highest BCUT2D eigenvalue weighted by molar-refractivity contribution is 5.71. The van der Waals surface area contributed by atoms with Gasteiger partial charge >= 0.3 is 17.9 Å². The second kappa shape index (κ2) is 58.6. The Balaban J connectivity index is 4.48. The molecular weight excluding hydrogens is 877 g/mol. The van der Waals surface area contributed by atoms with Gasteiger partial charge in [-0.05, 0) is 116 Å². The van der Waals surface area contributed by atoms with Crippen LogP contribution in [0.1, 0.15) is 265 Å². The minimum atomic E-state index is -0.815. The molecule has 0 aromatic heterocycles. The summed E-state index contributed by atoms with van der Waals surface area (Å²) in [4.78, 5) is 38.2. The molecule has 0 fully saturated rings. The van der Waals surface area contributed by atoms with Crippen molar-refractivity contribution in [2.75, 3.05) is 13.2 Å². The minimum Gasteiger partial charge on any atom is -0.462 e. The van der Waals surface area contributed by atoms with Crippen molar-refractivity contribution in [3.05, 3.63) is 109 Å². The van der Waals surface area contributed by atoms with Gasteiger partial charge in [-0.15, -0.1) is 0 Å². The van der Waals surface area contributed by atoms with Crippen molar-refractivity contribution in [3.8, 4) is 0 Å². The average molecular weight is 986 g/mol. The van der Waals surface area contributed by atoms with E-state index in [1.165, 1.54) is 116 Å². The van der Waals surface area contributed by atoms with Gasteiger partial charge in [0, 0.05) is 19.3 Å². The largest absolute Gasteiger partial charge is 0.462 e. The first-order valence-electron chi connectivity index (χ1n) is 29.4. The maximum atomic E-state index is 12.8. The molecule has 0 aliphatic heterocycles. The number of hydrogen-bond donors (Lipinski definition) is 0. The van der Waals surface area contributed by atoms with E-state index in [2.05, 4.69) is 130 Å². The third-order valence-electron chi connectivity index (χ3n) is 12.2. The van der Waals surface area contributed by atoms with Gasteiger partial charge < -0.3 is 14.2 Å². The van der Waals surface area contributed by atoms with Crippen LogP contribution in [0, 0.1) is 0 Å². The van der Waals surface area contributed by atoms with Gasteiger partial charge in [-0.25, -0.2) is 0 Å². The molecule has 0 spiro atoms. The summed E-state index contributed by atoms with van der Waals surface area (Å²) in [5, 5.41) is 0. The van der Waals surface area contributed by atoms with Crippen LogP contribution in [-0.2, 0) is 28.6 Å². The highest BCUT2D eigenvalue weighted by Crippen LogP contribution is 2.15. The van der Waals surface area contributed by atoms with Crippen LogP contribution in [0.3, 0.4) is 0 Å². The van der Waals surface area contributed by atoms with Crippen molar-refractivity contribution in [3.63, 3.8) is 0 Å². The Bertz CT molecular complexity index is 1460. The summed E-state index contributed by atoms with van der Waals surface area (Å²) in [5.74, 6) is -0.974. The van der Waals surface area contributed by atoms with Crippen LogP contribution in [0.2, 0.25) is 0 Å². The fraction of sp³-hybridized carbons (Fsp3) is 0.677. The normalized spacial score (nSPS) is 12.9. The molecule has 0 saturated heterocycles. The third-order valence-corrected chi connectivity index (χ3v) is 12.2. The summed E-state index contributed by atoms with van der Waals surface area (Å²) >= 11 is 0. The lowest BCUT2D eigenvalue weighted by molar-refractivity contribution is -0.167. The minimum absolute atomic E-state index is 0.106. The number of carbonyl (C=O) groups is 3. The molecule has 0 heterocycles. The number of hydrogen-bond acceptors (Lipinski definition) is 6. The van der Waals surface area contributed by atoms with Crippen LogP contribution in [0.5, 0.6) is 0 Å². The lowest BCUT2D eigenvalue weighted by atomic mass is 10.1. The number of ether oxygens (including phenoxy) is 3. The van der Waals surface area contributed by atoms with E-state index in [0.717, 1.165) is 103 Å². The predicted octanol–water partition coefficient (Wildman–Crippen LogP) is 19.9. The second-order valence-corrected chi connectivity index (χ2v) is 19.1. The Labute approximate surface area is 438 Å². The first-order valence-corrected chi connectivity index (χ1v) is 29.4. The van der Waals surface area contributed by atoms with E-state index in [4.69, 9.17) is 14.2 Å². The number of unbranched alkanes of at least 4 members (excludes halogenated alkanes) is 23. The second-order valence-electron chi connectivity index (χ2n) is 19.1. The molecule has 404 valence electrons. The van der Waals surface area contributed by atoms with Crippen molar-refractivity contribution in [1.29, 1.82) is 0 Å². The van der Waals surface area contributed by atoms with Gasteiger partial charge in [-0.1, -0.05) is 239 Å². The lowest BCUT2D eigenvalue weighted by Gasteiger charge is -2.18. The van der Waals surface area contributed by atoms with Crippen molar-refractivity contribution < 1.29 is 28.6 Å². The Morgan fingerprint density at radius 3 is 0.915 bits per heavy atom. The molecule has 0 N–H and O–H groups in total. The zero-order valence-electron chi connectivity index (χ0n) is 46.2. The van der Waals surface area contributed by atoms with Crippen LogP contribution in [-0.4, -0.2) is 37.2 Å². The first-order chi connectivity index (χ1) is 35.0. The smallest absolute Gasteiger partial charge is 0.306 e. The summed E-state index contributed by atoms with van der Waals surface area (Å²) in [6, 6.07) is 0. The van der Waals surface area contributed by atoms with E-state index >= 15 is 0 Å². The summed E-state index contributed by atoms with van der Waals surface area (Å²) in [6.45, 7) is 6.36. The number of carbonyl (C=O) groups excluding carboxylic acids is 3. The fourth-order valence-electron chi connectivity index (χ4n) is 7.90. The summed E-state index contributed by atoms with van der Waals surface area (Å²) in [5.41, 5.74) is 0. The van der Waals surface area contributed by atoms with Gasteiger partial charge in [-0.3, -0.25) is 14.4 Å². The monoisotopic (exact) mass is 985 g/mol. The Morgan fingerprint density at radius 2 is 0.563 bits per heavy atom. The van der Waals surface area contributed by atoms with Gasteiger partial charge in [0.1, 0.15) is 13.2 Å². The molecular formula is C65H108O6. The van der Waals surface area contributed by atoms with E-state index in [9.17, 15) is 14.4 Å². The maximum Gasteiger partial charge on any atom is 0.306 e. The Hall–Kier alpha value is -3.93. The van der Waals surface area contributed by atoms with Crippen molar-refractivity contribution in [2.45, 2.75) is 271 Å². The summed E-state index contributed by atoms with van der Waals surface area (Å²) < 4.78 is 16.8. The van der Waals surface area contributed by atoms with Crippen LogP contribution in [0.25, 0.3) is 0 Å². The van der Waals surface area contributed by atoms with Crippen molar-refractivity contribution >= 4 is 17.9 Å². The standard InChI is InChI=1S/C65H108O6/c1-4-7-10-13-16-19-22-25-28-31-32-35-37-40-43-46-49-52-55-58-64(67)70-61-62(71-65(68)59-56-53-50-47-44-41-38-34-30-27-24-21-18-15-12-9-6-3)60-69-63(66)57-54-51-48-45-42-39-36-33-29-26-23-20-17-14-11-8-5-2/h8-9,11-12,17-18,20-21,25-30,38,41,47,50,62H,4-7,10,13-16,19,22-24,31-37,39-40,42-46,48-49,51-61H2,1-3H3/b11-8-,12-9-,20-17-,21-18-,28-25-,29-26-,30-27-,41-38-,50-47-. The molecule has 0 aliphatic rings. The highest BCUT2D eigenvalue weighted by Gasteiger charge is 2.19. The molecule has 0 aromatic carbocycles. The van der Waals surface area contributed by atoms with Crippen molar-refractivity contribution in [2.24, 2.45) is 0 Å². The predicted molar refractivity (Wildman–Crippen MR) is 307 cm³/mol. The van der Waals surface area contributed by atoms with Gasteiger partial charge in [0.15, 0.2) is 6.10 Å². The third kappa shape index (κ3) is 56.9. The molecule has 71 heavy (non-hydrogen) atoms.